The Morgan fingerprint density at radius 1 is 1.07 bits per heavy atom. The number of thioether (sulfide) groups is 1. The van der Waals surface area contributed by atoms with Crippen LogP contribution >= 0.6 is 34.7 Å². The fourth-order valence-electron chi connectivity index (χ4n) is 4.94. The summed E-state index contributed by atoms with van der Waals surface area (Å²) >= 11 is 9.06. The van der Waals surface area contributed by atoms with Crippen molar-refractivity contribution in [2.75, 3.05) is 12.9 Å². The van der Waals surface area contributed by atoms with Gasteiger partial charge in [0.05, 0.1) is 47.3 Å². The number of nitrogens with zero attached hydrogens (tertiary/aromatic N) is 5. The summed E-state index contributed by atoms with van der Waals surface area (Å²) in [6.45, 7) is 0.0537. The van der Waals surface area contributed by atoms with Gasteiger partial charge in [0, 0.05) is 11.4 Å². The molecule has 228 valence electrons. The molecule has 0 saturated carbocycles. The molecular formula is C32H26ClFN6O3S2. The molecule has 3 aromatic carbocycles. The number of rotatable bonds is 10. The summed E-state index contributed by atoms with van der Waals surface area (Å²) in [5.41, 5.74) is 2.65. The molecule has 1 atom stereocenters. The Morgan fingerprint density at radius 3 is 2.64 bits per heavy atom. The monoisotopic (exact) mass is 660 g/mol. The van der Waals surface area contributed by atoms with E-state index in [0.29, 0.717) is 39.4 Å². The fourth-order valence-corrected chi connectivity index (χ4v) is 6.67. The van der Waals surface area contributed by atoms with E-state index in [1.54, 1.807) is 70.5 Å². The van der Waals surface area contributed by atoms with E-state index in [-0.39, 0.29) is 36.0 Å². The Morgan fingerprint density at radius 2 is 1.89 bits per heavy atom. The maximum Gasteiger partial charge on any atom is 0.255 e. The van der Waals surface area contributed by atoms with E-state index in [4.69, 9.17) is 21.4 Å². The quantitative estimate of drug-likeness (QED) is 0.171. The van der Waals surface area contributed by atoms with Crippen molar-refractivity contribution in [3.05, 3.63) is 123 Å². The first-order valence-electron chi connectivity index (χ1n) is 13.8. The second kappa shape index (κ2) is 13.6. The van der Waals surface area contributed by atoms with Crippen molar-refractivity contribution in [3.8, 4) is 11.4 Å². The SMILES string of the molecule is COc1ccccc1C(=O)NCc1nnc(SCC(=O)N2N=C(c3cccs3)C[C@H]2c2ccc(F)cc2)n1-c1cccc(Cl)c1. The van der Waals surface area contributed by atoms with E-state index >= 15 is 0 Å². The Labute approximate surface area is 271 Å². The summed E-state index contributed by atoms with van der Waals surface area (Å²) in [7, 11) is 1.50. The molecule has 0 fully saturated rings. The second-order valence-electron chi connectivity index (χ2n) is 9.92. The summed E-state index contributed by atoms with van der Waals surface area (Å²) in [4.78, 5) is 27.7. The number of halogens is 2. The average molecular weight is 661 g/mol. The van der Waals surface area contributed by atoms with Gasteiger partial charge in [-0.3, -0.25) is 14.2 Å². The molecule has 6 rings (SSSR count). The smallest absolute Gasteiger partial charge is 0.255 e. The number of carbonyl (C=O) groups excluding carboxylic acids is 2. The largest absolute Gasteiger partial charge is 0.496 e. The maximum atomic E-state index is 13.7. The lowest BCUT2D eigenvalue weighted by Crippen LogP contribution is -2.28. The first kappa shape index (κ1) is 30.5. The van der Waals surface area contributed by atoms with Crippen LogP contribution < -0.4 is 10.1 Å². The summed E-state index contributed by atoms with van der Waals surface area (Å²) in [6, 6.07) is 23.7. The number of hydrazone groups is 1. The van der Waals surface area contributed by atoms with Crippen LogP contribution in [0.2, 0.25) is 5.02 Å². The summed E-state index contributed by atoms with van der Waals surface area (Å²) < 4.78 is 20.8. The molecule has 2 aromatic heterocycles. The van der Waals surface area contributed by atoms with Crippen LogP contribution in [0.4, 0.5) is 4.39 Å². The first-order chi connectivity index (χ1) is 21.9. The molecule has 1 aliphatic heterocycles. The minimum Gasteiger partial charge on any atom is -0.496 e. The molecule has 0 bridgehead atoms. The Balaban J connectivity index is 1.24. The van der Waals surface area contributed by atoms with E-state index < -0.39 is 0 Å². The molecule has 0 unspecified atom stereocenters. The molecule has 0 aliphatic carbocycles. The normalized spacial score (nSPS) is 14.3. The Bertz CT molecular complexity index is 1860. The number of carbonyl (C=O) groups is 2. The van der Waals surface area contributed by atoms with Crippen LogP contribution in [0.3, 0.4) is 0 Å². The van der Waals surface area contributed by atoms with Crippen molar-refractivity contribution in [1.82, 2.24) is 25.1 Å². The predicted octanol–water partition coefficient (Wildman–Crippen LogP) is 6.53. The van der Waals surface area contributed by atoms with Crippen LogP contribution in [-0.2, 0) is 11.3 Å². The van der Waals surface area contributed by atoms with Crippen LogP contribution in [0, 0.1) is 5.82 Å². The average Bonchev–Trinajstić information content (AvgIpc) is 3.83. The van der Waals surface area contributed by atoms with Gasteiger partial charge in [0.25, 0.3) is 11.8 Å². The number of benzene rings is 3. The first-order valence-corrected chi connectivity index (χ1v) is 16.1. The fraction of sp³-hybridized carbons (Fsp3) is 0.156. The molecule has 3 heterocycles. The highest BCUT2D eigenvalue weighted by molar-refractivity contribution is 7.99. The lowest BCUT2D eigenvalue weighted by atomic mass is 10.0. The third-order valence-electron chi connectivity index (χ3n) is 7.08. The third-order valence-corrected chi connectivity index (χ3v) is 9.14. The number of aromatic nitrogens is 3. The molecule has 45 heavy (non-hydrogen) atoms. The van der Waals surface area contributed by atoms with Gasteiger partial charge in [0.1, 0.15) is 11.6 Å². The summed E-state index contributed by atoms with van der Waals surface area (Å²) in [6.07, 6.45) is 0.511. The minimum atomic E-state index is -0.373. The van der Waals surface area contributed by atoms with Crippen molar-refractivity contribution >= 4 is 52.2 Å². The summed E-state index contributed by atoms with van der Waals surface area (Å²) in [5.74, 6) is -0.0265. The number of para-hydroxylation sites is 1. The lowest BCUT2D eigenvalue weighted by Gasteiger charge is -2.22. The van der Waals surface area contributed by atoms with Crippen LogP contribution in [-0.4, -0.2) is 50.2 Å². The molecule has 13 heteroatoms. The van der Waals surface area contributed by atoms with Crippen molar-refractivity contribution in [3.63, 3.8) is 0 Å². The predicted molar refractivity (Wildman–Crippen MR) is 173 cm³/mol. The van der Waals surface area contributed by atoms with Gasteiger partial charge in [-0.15, -0.1) is 21.5 Å². The molecule has 2 amide bonds. The van der Waals surface area contributed by atoms with Crippen LogP contribution in [0.1, 0.15) is 39.1 Å². The van der Waals surface area contributed by atoms with E-state index in [1.165, 1.54) is 36.0 Å². The zero-order chi connectivity index (χ0) is 31.3. The van der Waals surface area contributed by atoms with E-state index in [9.17, 15) is 14.0 Å². The standard InChI is InChI=1S/C32H26ClFN6O3S2/c1-43-27-9-3-2-8-24(27)31(42)35-18-29-36-37-32(39(29)23-7-4-6-21(33)16-23)45-19-30(41)40-26(20-11-13-22(34)14-12-20)17-25(38-40)28-10-5-15-44-28/h2-16,26H,17-19H2,1H3,(H,35,42)/t26-/m0/s1. The van der Waals surface area contributed by atoms with E-state index in [0.717, 1.165) is 16.2 Å². The van der Waals surface area contributed by atoms with Gasteiger partial charge < -0.3 is 10.1 Å². The number of nitrogens with one attached hydrogen (secondary N) is 1. The Hall–Kier alpha value is -4.52. The number of hydrogen-bond donors (Lipinski definition) is 1. The highest BCUT2D eigenvalue weighted by Crippen LogP contribution is 2.35. The number of hydrogen-bond acceptors (Lipinski definition) is 8. The molecule has 0 radical (unpaired) electrons. The molecule has 0 spiro atoms. The van der Waals surface area contributed by atoms with Gasteiger partial charge in [-0.2, -0.15) is 5.10 Å². The topological polar surface area (TPSA) is 102 Å². The van der Waals surface area contributed by atoms with E-state index in [1.807, 2.05) is 23.6 Å². The minimum absolute atomic E-state index is 0.00515. The number of methoxy groups -OCH3 is 1. The second-order valence-corrected chi connectivity index (χ2v) is 12.2. The van der Waals surface area contributed by atoms with Gasteiger partial charge in [-0.25, -0.2) is 9.40 Å². The molecule has 5 aromatic rings. The highest BCUT2D eigenvalue weighted by Gasteiger charge is 2.33. The van der Waals surface area contributed by atoms with Crippen LogP contribution in [0.15, 0.2) is 101 Å². The van der Waals surface area contributed by atoms with Crippen molar-refractivity contribution in [2.45, 2.75) is 24.2 Å². The van der Waals surface area contributed by atoms with Gasteiger partial charge in [0.2, 0.25) is 0 Å². The molecular weight excluding hydrogens is 635 g/mol. The lowest BCUT2D eigenvalue weighted by molar-refractivity contribution is -0.130. The number of thiophene rings is 1. The Kier molecular flexibility index (Phi) is 9.24. The molecule has 1 N–H and O–H groups in total. The highest BCUT2D eigenvalue weighted by atomic mass is 35.5. The van der Waals surface area contributed by atoms with Crippen LogP contribution in [0.5, 0.6) is 5.75 Å². The van der Waals surface area contributed by atoms with Gasteiger partial charge in [-0.05, 0) is 59.5 Å². The number of ether oxygens (including phenoxy) is 1. The zero-order valence-electron chi connectivity index (χ0n) is 23.9. The number of amides is 2. The maximum absolute atomic E-state index is 13.7. The van der Waals surface area contributed by atoms with Crippen molar-refractivity contribution in [2.24, 2.45) is 5.10 Å². The van der Waals surface area contributed by atoms with Gasteiger partial charge in [0.15, 0.2) is 11.0 Å². The van der Waals surface area contributed by atoms with Crippen molar-refractivity contribution in [1.29, 1.82) is 0 Å². The van der Waals surface area contributed by atoms with Crippen molar-refractivity contribution < 1.29 is 18.7 Å². The van der Waals surface area contributed by atoms with Gasteiger partial charge >= 0.3 is 0 Å². The molecule has 1 aliphatic rings. The third kappa shape index (κ3) is 6.77. The zero-order valence-corrected chi connectivity index (χ0v) is 26.3. The van der Waals surface area contributed by atoms with Crippen LogP contribution in [0.25, 0.3) is 5.69 Å². The van der Waals surface area contributed by atoms with Gasteiger partial charge in [-0.1, -0.05) is 59.8 Å². The van der Waals surface area contributed by atoms with E-state index in [2.05, 4.69) is 15.5 Å². The molecule has 9 nitrogen and oxygen atoms in total. The molecule has 0 saturated heterocycles. The summed E-state index contributed by atoms with van der Waals surface area (Å²) in [5, 5.41) is 20.7.